The average Bonchev–Trinajstić information content (AvgIpc) is 2.73. The van der Waals surface area contributed by atoms with Gasteiger partial charge >= 0.3 is 0 Å². The molecule has 5 nitrogen and oxygen atoms in total. The molecule has 1 aromatic heterocycles. The average molecular weight is 275 g/mol. The molecular weight excluding hydrogens is 254 g/mol. The van der Waals surface area contributed by atoms with Crippen molar-refractivity contribution in [1.29, 1.82) is 0 Å². The lowest BCUT2D eigenvalue weighted by Crippen LogP contribution is -2.18. The lowest BCUT2D eigenvalue weighted by atomic mass is 9.85. The van der Waals surface area contributed by atoms with Crippen molar-refractivity contribution < 1.29 is 9.47 Å². The van der Waals surface area contributed by atoms with Crippen molar-refractivity contribution in [2.45, 2.75) is 31.7 Å². The molecule has 5 heteroatoms. The molecule has 0 unspecified atom stereocenters. The van der Waals surface area contributed by atoms with E-state index < -0.39 is 0 Å². The third kappa shape index (κ3) is 2.02. The predicted molar refractivity (Wildman–Crippen MR) is 78.5 cm³/mol. The molecule has 1 aliphatic carbocycles. The normalized spacial score (nSPS) is 15.3. The number of nitrogens with zero attached hydrogens (tertiary/aromatic N) is 2. The van der Waals surface area contributed by atoms with E-state index in [2.05, 4.69) is 4.57 Å². The van der Waals surface area contributed by atoms with Gasteiger partial charge in [0.1, 0.15) is 5.82 Å². The first-order valence-corrected chi connectivity index (χ1v) is 7.10. The fourth-order valence-corrected chi connectivity index (χ4v) is 2.81. The molecule has 20 heavy (non-hydrogen) atoms. The molecule has 0 atom stereocenters. The summed E-state index contributed by atoms with van der Waals surface area (Å²) in [6.07, 6.45) is 3.74. The number of nitrogens with two attached hydrogens (primary N) is 1. The maximum absolute atomic E-state index is 5.76. The highest BCUT2D eigenvalue weighted by Gasteiger charge is 2.26. The minimum Gasteiger partial charge on any atom is -0.493 e. The molecule has 108 valence electrons. The summed E-state index contributed by atoms with van der Waals surface area (Å²) in [6.45, 7) is 1.40. The van der Waals surface area contributed by atoms with E-state index in [0.29, 0.717) is 12.5 Å². The van der Waals surface area contributed by atoms with E-state index in [4.69, 9.17) is 20.2 Å². The van der Waals surface area contributed by atoms with Crippen LogP contribution in [0.2, 0.25) is 0 Å². The lowest BCUT2D eigenvalue weighted by Gasteiger charge is -2.25. The molecule has 0 spiro atoms. The summed E-state index contributed by atoms with van der Waals surface area (Å²) in [5, 5.41) is 0. The van der Waals surface area contributed by atoms with Gasteiger partial charge in [-0.05, 0) is 12.8 Å². The maximum Gasteiger partial charge on any atom is 0.163 e. The van der Waals surface area contributed by atoms with Gasteiger partial charge in [-0.15, -0.1) is 0 Å². The number of imidazole rings is 1. The molecule has 2 aromatic rings. The molecule has 0 saturated heterocycles. The summed E-state index contributed by atoms with van der Waals surface area (Å²) >= 11 is 0. The van der Waals surface area contributed by atoms with Crippen LogP contribution >= 0.6 is 0 Å². The van der Waals surface area contributed by atoms with Crippen LogP contribution < -0.4 is 15.2 Å². The summed E-state index contributed by atoms with van der Waals surface area (Å²) in [7, 11) is 3.30. The molecule has 3 rings (SSSR count). The second-order valence-electron chi connectivity index (χ2n) is 5.23. The quantitative estimate of drug-likeness (QED) is 0.909. The number of hydrogen-bond donors (Lipinski definition) is 1. The number of benzene rings is 1. The van der Waals surface area contributed by atoms with Gasteiger partial charge in [0.2, 0.25) is 0 Å². The Morgan fingerprint density at radius 1 is 1.25 bits per heavy atom. The Bertz CT molecular complexity index is 617. The predicted octanol–water partition coefficient (Wildman–Crippen LogP) is 2.28. The van der Waals surface area contributed by atoms with Crippen LogP contribution in [0.1, 0.15) is 31.0 Å². The fourth-order valence-electron chi connectivity index (χ4n) is 2.81. The van der Waals surface area contributed by atoms with Crippen molar-refractivity contribution >= 4 is 11.0 Å². The molecule has 1 heterocycles. The highest BCUT2D eigenvalue weighted by atomic mass is 16.5. The zero-order chi connectivity index (χ0) is 14.1. The summed E-state index contributed by atoms with van der Waals surface area (Å²) in [6, 6.07) is 3.95. The maximum atomic E-state index is 5.76. The Balaban J connectivity index is 2.16. The van der Waals surface area contributed by atoms with Gasteiger partial charge in [0.25, 0.3) is 0 Å². The van der Waals surface area contributed by atoms with Crippen LogP contribution in [0, 0.1) is 0 Å². The summed E-state index contributed by atoms with van der Waals surface area (Å²) in [4.78, 5) is 4.81. The molecule has 2 N–H and O–H groups in total. The molecule has 0 amide bonds. The second kappa shape index (κ2) is 5.32. The Kier molecular flexibility index (Phi) is 3.53. The van der Waals surface area contributed by atoms with Crippen molar-refractivity contribution in [3.8, 4) is 11.5 Å². The SMILES string of the molecule is COc1cc2nc(C3CCC3)n(CCN)c2cc1OC. The largest absolute Gasteiger partial charge is 0.493 e. The Morgan fingerprint density at radius 3 is 2.50 bits per heavy atom. The first-order chi connectivity index (χ1) is 9.78. The van der Waals surface area contributed by atoms with Crippen LogP contribution in [0.15, 0.2) is 12.1 Å². The Morgan fingerprint density at radius 2 is 1.95 bits per heavy atom. The van der Waals surface area contributed by atoms with Gasteiger partial charge in [0.05, 0.1) is 25.3 Å². The van der Waals surface area contributed by atoms with E-state index >= 15 is 0 Å². The van der Waals surface area contributed by atoms with Crippen LogP contribution in [-0.2, 0) is 6.54 Å². The smallest absolute Gasteiger partial charge is 0.163 e. The standard InChI is InChI=1S/C15H21N3O2/c1-19-13-8-11-12(9-14(13)20-2)18(7-6-16)15(17-11)10-4-3-5-10/h8-10H,3-7,16H2,1-2H3. The number of rotatable bonds is 5. The van der Waals surface area contributed by atoms with Crippen molar-refractivity contribution in [2.24, 2.45) is 5.73 Å². The topological polar surface area (TPSA) is 62.3 Å². The van der Waals surface area contributed by atoms with Crippen LogP contribution in [0.5, 0.6) is 11.5 Å². The number of aromatic nitrogens is 2. The third-order valence-corrected chi connectivity index (χ3v) is 4.11. The fraction of sp³-hybridized carbons (Fsp3) is 0.533. The van der Waals surface area contributed by atoms with Gasteiger partial charge in [-0.2, -0.15) is 0 Å². The second-order valence-corrected chi connectivity index (χ2v) is 5.23. The Labute approximate surface area is 118 Å². The van der Waals surface area contributed by atoms with E-state index in [1.807, 2.05) is 12.1 Å². The van der Waals surface area contributed by atoms with Gasteiger partial charge < -0.3 is 19.8 Å². The summed E-state index contributed by atoms with van der Waals surface area (Å²) in [5.41, 5.74) is 7.80. The first-order valence-electron chi connectivity index (χ1n) is 7.10. The summed E-state index contributed by atoms with van der Waals surface area (Å²) in [5.74, 6) is 3.19. The monoisotopic (exact) mass is 275 g/mol. The highest BCUT2D eigenvalue weighted by molar-refractivity contribution is 5.81. The molecule has 1 saturated carbocycles. The molecule has 1 fully saturated rings. The zero-order valence-corrected chi connectivity index (χ0v) is 12.1. The zero-order valence-electron chi connectivity index (χ0n) is 12.1. The number of hydrogen-bond acceptors (Lipinski definition) is 4. The van der Waals surface area contributed by atoms with Gasteiger partial charge in [0.15, 0.2) is 11.5 Å². The summed E-state index contributed by atoms with van der Waals surface area (Å²) < 4.78 is 13.0. The van der Waals surface area contributed by atoms with Crippen LogP contribution in [-0.4, -0.2) is 30.3 Å². The molecule has 0 radical (unpaired) electrons. The van der Waals surface area contributed by atoms with E-state index in [9.17, 15) is 0 Å². The van der Waals surface area contributed by atoms with Crippen LogP contribution in [0.3, 0.4) is 0 Å². The van der Waals surface area contributed by atoms with Crippen molar-refractivity contribution in [1.82, 2.24) is 9.55 Å². The molecule has 0 bridgehead atoms. The van der Waals surface area contributed by atoms with E-state index in [1.54, 1.807) is 14.2 Å². The molecule has 1 aromatic carbocycles. The number of ether oxygens (including phenoxy) is 2. The van der Waals surface area contributed by atoms with Gasteiger partial charge in [-0.25, -0.2) is 4.98 Å². The minimum atomic E-state index is 0.575. The highest BCUT2D eigenvalue weighted by Crippen LogP contribution is 2.39. The van der Waals surface area contributed by atoms with Crippen LogP contribution in [0.4, 0.5) is 0 Å². The van der Waals surface area contributed by atoms with Gasteiger partial charge in [-0.1, -0.05) is 6.42 Å². The van der Waals surface area contributed by atoms with E-state index in [0.717, 1.165) is 34.9 Å². The van der Waals surface area contributed by atoms with Gasteiger partial charge in [0, 0.05) is 31.1 Å². The van der Waals surface area contributed by atoms with Crippen molar-refractivity contribution in [3.63, 3.8) is 0 Å². The Hall–Kier alpha value is -1.75. The van der Waals surface area contributed by atoms with Crippen molar-refractivity contribution in [2.75, 3.05) is 20.8 Å². The van der Waals surface area contributed by atoms with Gasteiger partial charge in [-0.3, -0.25) is 0 Å². The number of methoxy groups -OCH3 is 2. The first kappa shape index (κ1) is 13.2. The molecular formula is C15H21N3O2. The minimum absolute atomic E-state index is 0.575. The van der Waals surface area contributed by atoms with Crippen molar-refractivity contribution in [3.05, 3.63) is 18.0 Å². The number of fused-ring (bicyclic) bond motifs is 1. The van der Waals surface area contributed by atoms with E-state index in [-0.39, 0.29) is 0 Å². The van der Waals surface area contributed by atoms with E-state index in [1.165, 1.54) is 19.3 Å². The lowest BCUT2D eigenvalue weighted by molar-refractivity contribution is 0.355. The molecule has 1 aliphatic rings. The molecule has 0 aliphatic heterocycles. The third-order valence-electron chi connectivity index (χ3n) is 4.11. The van der Waals surface area contributed by atoms with Crippen LogP contribution in [0.25, 0.3) is 11.0 Å².